The first-order chi connectivity index (χ1) is 9.85. The molecule has 1 saturated heterocycles. The zero-order valence-corrected chi connectivity index (χ0v) is 12.9. The quantitative estimate of drug-likeness (QED) is 0.794. The van der Waals surface area contributed by atoms with Gasteiger partial charge in [0.05, 0.1) is 7.11 Å². The largest absolute Gasteiger partial charge is 0.493 e. The second kappa shape index (κ2) is 8.15. The molecule has 1 aliphatic heterocycles. The van der Waals surface area contributed by atoms with Crippen LogP contribution in [0.2, 0.25) is 0 Å². The van der Waals surface area contributed by atoms with E-state index in [-0.39, 0.29) is 0 Å². The SMILES string of the molecule is CCc1cccc(OC)c1OCCN1CCCCCC1. The van der Waals surface area contributed by atoms with Crippen molar-refractivity contribution in [3.8, 4) is 11.5 Å². The maximum atomic E-state index is 6.03. The van der Waals surface area contributed by atoms with E-state index in [0.717, 1.165) is 31.1 Å². The molecule has 1 heterocycles. The summed E-state index contributed by atoms with van der Waals surface area (Å²) in [5.41, 5.74) is 1.22. The number of methoxy groups -OCH3 is 1. The molecule has 1 fully saturated rings. The summed E-state index contributed by atoms with van der Waals surface area (Å²) in [5, 5.41) is 0. The van der Waals surface area contributed by atoms with Crippen LogP contribution in [0.4, 0.5) is 0 Å². The molecule has 3 nitrogen and oxygen atoms in total. The summed E-state index contributed by atoms with van der Waals surface area (Å²) < 4.78 is 11.4. The number of para-hydroxylation sites is 1. The second-order valence-electron chi connectivity index (χ2n) is 5.41. The minimum absolute atomic E-state index is 0.743. The number of ether oxygens (including phenoxy) is 2. The van der Waals surface area contributed by atoms with Gasteiger partial charge in [-0.3, -0.25) is 4.90 Å². The molecule has 0 radical (unpaired) electrons. The van der Waals surface area contributed by atoms with Gasteiger partial charge in [-0.1, -0.05) is 31.9 Å². The molecule has 0 bridgehead atoms. The van der Waals surface area contributed by atoms with Crippen molar-refractivity contribution in [2.75, 3.05) is 33.4 Å². The highest BCUT2D eigenvalue weighted by Gasteiger charge is 2.12. The van der Waals surface area contributed by atoms with Crippen molar-refractivity contribution < 1.29 is 9.47 Å². The molecule has 112 valence electrons. The summed E-state index contributed by atoms with van der Waals surface area (Å²) in [6.07, 6.45) is 6.38. The Kier molecular flexibility index (Phi) is 6.19. The predicted octanol–water partition coefficient (Wildman–Crippen LogP) is 3.51. The average molecular weight is 277 g/mol. The Morgan fingerprint density at radius 2 is 1.85 bits per heavy atom. The Morgan fingerprint density at radius 3 is 2.50 bits per heavy atom. The normalized spacial score (nSPS) is 16.7. The molecule has 0 saturated carbocycles. The lowest BCUT2D eigenvalue weighted by Crippen LogP contribution is -2.29. The van der Waals surface area contributed by atoms with E-state index in [1.165, 1.54) is 44.3 Å². The minimum atomic E-state index is 0.743. The zero-order chi connectivity index (χ0) is 14.2. The van der Waals surface area contributed by atoms with Gasteiger partial charge in [-0.05, 0) is 44.0 Å². The van der Waals surface area contributed by atoms with Crippen LogP contribution in [0.1, 0.15) is 38.2 Å². The number of likely N-dealkylation sites (tertiary alicyclic amines) is 1. The van der Waals surface area contributed by atoms with E-state index in [2.05, 4.69) is 17.9 Å². The van der Waals surface area contributed by atoms with Gasteiger partial charge in [0.25, 0.3) is 0 Å². The van der Waals surface area contributed by atoms with Crippen LogP contribution in [-0.4, -0.2) is 38.3 Å². The van der Waals surface area contributed by atoms with Gasteiger partial charge in [0.2, 0.25) is 0 Å². The molecule has 0 spiro atoms. The van der Waals surface area contributed by atoms with E-state index in [1.807, 2.05) is 12.1 Å². The third-order valence-corrected chi connectivity index (χ3v) is 4.01. The van der Waals surface area contributed by atoms with Gasteiger partial charge >= 0.3 is 0 Å². The number of aryl methyl sites for hydroxylation is 1. The fourth-order valence-corrected chi connectivity index (χ4v) is 2.80. The fraction of sp³-hybridized carbons (Fsp3) is 0.647. The van der Waals surface area contributed by atoms with E-state index >= 15 is 0 Å². The number of hydrogen-bond donors (Lipinski definition) is 0. The van der Waals surface area contributed by atoms with Crippen LogP contribution in [0, 0.1) is 0 Å². The second-order valence-corrected chi connectivity index (χ2v) is 5.41. The monoisotopic (exact) mass is 277 g/mol. The molecular formula is C17H27NO2. The summed E-state index contributed by atoms with van der Waals surface area (Å²) >= 11 is 0. The molecule has 2 rings (SSSR count). The van der Waals surface area contributed by atoms with Crippen LogP contribution in [0.5, 0.6) is 11.5 Å². The summed E-state index contributed by atoms with van der Waals surface area (Å²) in [4.78, 5) is 2.52. The van der Waals surface area contributed by atoms with E-state index in [1.54, 1.807) is 7.11 Å². The van der Waals surface area contributed by atoms with Crippen molar-refractivity contribution in [1.29, 1.82) is 0 Å². The van der Waals surface area contributed by atoms with Crippen molar-refractivity contribution in [3.63, 3.8) is 0 Å². The fourth-order valence-electron chi connectivity index (χ4n) is 2.80. The van der Waals surface area contributed by atoms with Crippen LogP contribution in [0.3, 0.4) is 0 Å². The molecule has 0 N–H and O–H groups in total. The maximum Gasteiger partial charge on any atom is 0.164 e. The van der Waals surface area contributed by atoms with Gasteiger partial charge in [-0.15, -0.1) is 0 Å². The lowest BCUT2D eigenvalue weighted by Gasteiger charge is -2.21. The molecule has 0 unspecified atom stereocenters. The van der Waals surface area contributed by atoms with Crippen LogP contribution >= 0.6 is 0 Å². The van der Waals surface area contributed by atoms with Gasteiger partial charge in [0, 0.05) is 6.54 Å². The molecule has 0 atom stereocenters. The molecule has 20 heavy (non-hydrogen) atoms. The first-order valence-corrected chi connectivity index (χ1v) is 7.86. The first kappa shape index (κ1) is 15.2. The zero-order valence-electron chi connectivity index (χ0n) is 12.9. The number of nitrogens with zero attached hydrogens (tertiary/aromatic N) is 1. The Balaban J connectivity index is 1.89. The van der Waals surface area contributed by atoms with Crippen LogP contribution in [-0.2, 0) is 6.42 Å². The van der Waals surface area contributed by atoms with Crippen molar-refractivity contribution in [2.24, 2.45) is 0 Å². The van der Waals surface area contributed by atoms with Gasteiger partial charge < -0.3 is 9.47 Å². The summed E-state index contributed by atoms with van der Waals surface area (Å²) in [6, 6.07) is 6.11. The molecule has 0 aromatic heterocycles. The molecule has 1 aromatic rings. The summed E-state index contributed by atoms with van der Waals surface area (Å²) in [6.45, 7) is 6.34. The molecule has 0 amide bonds. The third kappa shape index (κ3) is 4.14. The van der Waals surface area contributed by atoms with Gasteiger partial charge in [-0.25, -0.2) is 0 Å². The molecule has 3 heteroatoms. The highest BCUT2D eigenvalue weighted by atomic mass is 16.5. The topological polar surface area (TPSA) is 21.7 Å². The smallest absolute Gasteiger partial charge is 0.164 e. The van der Waals surface area contributed by atoms with Crippen LogP contribution in [0.15, 0.2) is 18.2 Å². The Morgan fingerprint density at radius 1 is 1.10 bits per heavy atom. The van der Waals surface area contributed by atoms with Crippen LogP contribution in [0.25, 0.3) is 0 Å². The molecule has 0 aliphatic carbocycles. The van der Waals surface area contributed by atoms with Crippen molar-refractivity contribution in [2.45, 2.75) is 39.0 Å². The van der Waals surface area contributed by atoms with Crippen molar-refractivity contribution in [1.82, 2.24) is 4.90 Å². The molecular weight excluding hydrogens is 250 g/mol. The van der Waals surface area contributed by atoms with E-state index < -0.39 is 0 Å². The lowest BCUT2D eigenvalue weighted by atomic mass is 10.1. The molecule has 1 aromatic carbocycles. The Bertz CT molecular complexity index is 376. The average Bonchev–Trinajstić information content (AvgIpc) is 2.76. The lowest BCUT2D eigenvalue weighted by molar-refractivity contribution is 0.208. The van der Waals surface area contributed by atoms with Crippen LogP contribution < -0.4 is 9.47 Å². The van der Waals surface area contributed by atoms with Gasteiger partial charge in [-0.2, -0.15) is 0 Å². The van der Waals surface area contributed by atoms with Crippen molar-refractivity contribution >= 4 is 0 Å². The number of benzene rings is 1. The van der Waals surface area contributed by atoms with E-state index in [4.69, 9.17) is 9.47 Å². The summed E-state index contributed by atoms with van der Waals surface area (Å²) in [7, 11) is 1.70. The Labute approximate surface area is 122 Å². The van der Waals surface area contributed by atoms with E-state index in [9.17, 15) is 0 Å². The minimum Gasteiger partial charge on any atom is -0.493 e. The number of hydrogen-bond acceptors (Lipinski definition) is 3. The molecule has 1 aliphatic rings. The van der Waals surface area contributed by atoms with E-state index in [0.29, 0.717) is 0 Å². The number of rotatable bonds is 6. The summed E-state index contributed by atoms with van der Waals surface area (Å²) in [5.74, 6) is 1.77. The van der Waals surface area contributed by atoms with Gasteiger partial charge in [0.1, 0.15) is 6.61 Å². The Hall–Kier alpha value is -1.22. The highest BCUT2D eigenvalue weighted by molar-refractivity contribution is 5.46. The highest BCUT2D eigenvalue weighted by Crippen LogP contribution is 2.31. The predicted molar refractivity (Wildman–Crippen MR) is 82.8 cm³/mol. The third-order valence-electron chi connectivity index (χ3n) is 4.01. The van der Waals surface area contributed by atoms with Gasteiger partial charge in [0.15, 0.2) is 11.5 Å². The van der Waals surface area contributed by atoms with Crippen molar-refractivity contribution in [3.05, 3.63) is 23.8 Å². The standard InChI is InChI=1S/C17H27NO2/c1-3-15-9-8-10-16(19-2)17(15)20-14-13-18-11-6-4-5-7-12-18/h8-10H,3-7,11-14H2,1-2H3. The first-order valence-electron chi connectivity index (χ1n) is 7.86. The maximum absolute atomic E-state index is 6.03.